The molecule has 0 aromatic heterocycles. The summed E-state index contributed by atoms with van der Waals surface area (Å²) >= 11 is 0. The van der Waals surface area contributed by atoms with E-state index in [1.807, 2.05) is 18.2 Å². The van der Waals surface area contributed by atoms with E-state index in [1.54, 1.807) is 18.2 Å². The largest absolute Gasteiger partial charge is 0.545 e. The number of fused-ring (bicyclic) bond motifs is 1. The van der Waals surface area contributed by atoms with Crippen LogP contribution in [-0.2, 0) is 5.41 Å². The Bertz CT molecular complexity index is 895. The molecule has 0 saturated carbocycles. The van der Waals surface area contributed by atoms with Gasteiger partial charge in [-0.1, -0.05) is 43.9 Å². The van der Waals surface area contributed by atoms with Gasteiger partial charge in [0.2, 0.25) is 0 Å². The van der Waals surface area contributed by atoms with E-state index in [0.717, 1.165) is 23.1 Å². The highest BCUT2D eigenvalue weighted by Gasteiger charge is 2.31. The minimum absolute atomic E-state index is 0.0656. The van der Waals surface area contributed by atoms with E-state index in [4.69, 9.17) is 0 Å². The van der Waals surface area contributed by atoms with Crippen molar-refractivity contribution < 1.29 is 14.7 Å². The molecule has 0 N–H and O–H groups in total. The van der Waals surface area contributed by atoms with Crippen LogP contribution in [-0.4, -0.2) is 11.8 Å². The van der Waals surface area contributed by atoms with Crippen LogP contribution >= 0.6 is 0 Å². The number of rotatable bonds is 1. The fourth-order valence-corrected chi connectivity index (χ4v) is 3.03. The van der Waals surface area contributed by atoms with E-state index >= 15 is 0 Å². The number of carbonyl (C=O) groups is 2. The summed E-state index contributed by atoms with van der Waals surface area (Å²) < 4.78 is 0. The summed E-state index contributed by atoms with van der Waals surface area (Å²) in [6, 6.07) is 12.1. The molecule has 0 fully saturated rings. The first kappa shape index (κ1) is 16.0. The molecule has 0 aliphatic heterocycles. The minimum Gasteiger partial charge on any atom is -0.545 e. The van der Waals surface area contributed by atoms with Crippen LogP contribution in [0.15, 0.2) is 42.5 Å². The smallest absolute Gasteiger partial charge is 0.163 e. The second-order valence-electron chi connectivity index (χ2n) is 6.65. The van der Waals surface area contributed by atoms with Gasteiger partial charge in [-0.25, -0.2) is 0 Å². The van der Waals surface area contributed by atoms with E-state index in [1.165, 1.54) is 6.07 Å². The van der Waals surface area contributed by atoms with E-state index in [9.17, 15) is 14.7 Å². The Morgan fingerprint density at radius 2 is 1.88 bits per heavy atom. The lowest BCUT2D eigenvalue weighted by Crippen LogP contribution is -2.27. The van der Waals surface area contributed by atoms with Crippen LogP contribution in [0.2, 0.25) is 0 Å². The maximum absolute atomic E-state index is 12.1. The SMILES string of the molecule is CC1(C)CCC(=O)c2ccc(C#Cc3ccccc3C(=O)[O-])cc21. The second kappa shape index (κ2) is 5.98. The topological polar surface area (TPSA) is 57.2 Å². The Balaban J connectivity index is 2.03. The number of carboxylic acid groups (broad SMARTS) is 1. The molecule has 0 spiro atoms. The molecule has 0 heterocycles. The minimum atomic E-state index is -1.24. The number of benzene rings is 2. The number of hydrogen-bond donors (Lipinski definition) is 0. The maximum Gasteiger partial charge on any atom is 0.163 e. The molecule has 1 aliphatic rings. The average molecular weight is 317 g/mol. The molecule has 3 heteroatoms. The molecular formula is C21H17O3-. The molecule has 0 amide bonds. The molecule has 0 unspecified atom stereocenters. The van der Waals surface area contributed by atoms with Gasteiger partial charge >= 0.3 is 0 Å². The highest BCUT2D eigenvalue weighted by atomic mass is 16.4. The van der Waals surface area contributed by atoms with Crippen molar-refractivity contribution in [3.8, 4) is 11.8 Å². The van der Waals surface area contributed by atoms with Crippen molar-refractivity contribution >= 4 is 11.8 Å². The summed E-state index contributed by atoms with van der Waals surface area (Å²) in [5, 5.41) is 11.1. The number of ketones is 1. The average Bonchev–Trinajstić information content (AvgIpc) is 2.57. The highest BCUT2D eigenvalue weighted by molar-refractivity contribution is 5.99. The number of carboxylic acids is 1. The maximum atomic E-state index is 12.1. The normalized spacial score (nSPS) is 15.2. The van der Waals surface area contributed by atoms with Gasteiger partial charge in [-0.2, -0.15) is 0 Å². The molecule has 24 heavy (non-hydrogen) atoms. The molecule has 0 bridgehead atoms. The van der Waals surface area contributed by atoms with Crippen molar-refractivity contribution in [2.75, 3.05) is 0 Å². The fourth-order valence-electron chi connectivity index (χ4n) is 3.03. The molecule has 1 aliphatic carbocycles. The zero-order valence-electron chi connectivity index (χ0n) is 13.7. The van der Waals surface area contributed by atoms with Gasteiger partial charge < -0.3 is 9.90 Å². The summed E-state index contributed by atoms with van der Waals surface area (Å²) in [6.07, 6.45) is 1.40. The van der Waals surface area contributed by atoms with Crippen LogP contribution < -0.4 is 5.11 Å². The summed E-state index contributed by atoms with van der Waals surface area (Å²) in [4.78, 5) is 23.2. The molecule has 3 nitrogen and oxygen atoms in total. The van der Waals surface area contributed by atoms with Gasteiger partial charge in [-0.15, -0.1) is 0 Å². The Labute approximate surface area is 141 Å². The summed E-state index contributed by atoms with van der Waals surface area (Å²) in [6.45, 7) is 4.25. The fraction of sp³-hybridized carbons (Fsp3) is 0.238. The predicted molar refractivity (Wildman–Crippen MR) is 89.8 cm³/mol. The standard InChI is InChI=1S/C21H18O3/c1-21(2)12-11-19(22)17-10-8-14(13-18(17)21)7-9-15-5-3-4-6-16(15)20(23)24/h3-6,8,10,13H,11-12H2,1-2H3,(H,23,24)/p-1. The Kier molecular flexibility index (Phi) is 3.99. The van der Waals surface area contributed by atoms with Gasteiger partial charge in [0.05, 0.1) is 5.97 Å². The van der Waals surface area contributed by atoms with Crippen LogP contribution in [0.3, 0.4) is 0 Å². The third-order valence-corrected chi connectivity index (χ3v) is 4.51. The van der Waals surface area contributed by atoms with Gasteiger partial charge in [0.1, 0.15) is 0 Å². The van der Waals surface area contributed by atoms with Crippen molar-refractivity contribution in [2.24, 2.45) is 0 Å². The summed E-state index contributed by atoms with van der Waals surface area (Å²) in [5.74, 6) is 4.84. The predicted octanol–water partition coefficient (Wildman–Crippen LogP) is 2.70. The first-order valence-corrected chi connectivity index (χ1v) is 7.88. The van der Waals surface area contributed by atoms with Gasteiger partial charge in [0.25, 0.3) is 0 Å². The number of carbonyl (C=O) groups excluding carboxylic acids is 2. The Hall–Kier alpha value is -2.86. The van der Waals surface area contributed by atoms with Crippen molar-refractivity contribution in [2.45, 2.75) is 32.1 Å². The molecule has 3 rings (SSSR count). The third-order valence-electron chi connectivity index (χ3n) is 4.51. The molecule has 0 saturated heterocycles. The van der Waals surface area contributed by atoms with Crippen molar-refractivity contribution in [1.82, 2.24) is 0 Å². The zero-order chi connectivity index (χ0) is 17.3. The van der Waals surface area contributed by atoms with Crippen molar-refractivity contribution in [3.05, 3.63) is 70.3 Å². The molecule has 120 valence electrons. The van der Waals surface area contributed by atoms with E-state index in [0.29, 0.717) is 12.0 Å². The Morgan fingerprint density at radius 3 is 2.62 bits per heavy atom. The number of hydrogen-bond acceptors (Lipinski definition) is 3. The number of aromatic carboxylic acids is 1. The van der Waals surface area contributed by atoms with Gasteiger partial charge in [-0.3, -0.25) is 4.79 Å². The monoisotopic (exact) mass is 317 g/mol. The van der Waals surface area contributed by atoms with E-state index < -0.39 is 5.97 Å². The van der Waals surface area contributed by atoms with Crippen LogP contribution in [0.5, 0.6) is 0 Å². The van der Waals surface area contributed by atoms with Gasteiger partial charge in [0, 0.05) is 28.7 Å². The second-order valence-corrected chi connectivity index (χ2v) is 6.65. The summed E-state index contributed by atoms with van der Waals surface area (Å²) in [5.41, 5.74) is 2.99. The Morgan fingerprint density at radius 1 is 1.12 bits per heavy atom. The summed E-state index contributed by atoms with van der Waals surface area (Å²) in [7, 11) is 0. The molecule has 2 aromatic carbocycles. The highest BCUT2D eigenvalue weighted by Crippen LogP contribution is 2.36. The first-order valence-electron chi connectivity index (χ1n) is 7.88. The van der Waals surface area contributed by atoms with E-state index in [-0.39, 0.29) is 16.8 Å². The van der Waals surface area contributed by atoms with Crippen molar-refractivity contribution in [3.63, 3.8) is 0 Å². The van der Waals surface area contributed by atoms with Gasteiger partial charge in [-0.05, 0) is 41.7 Å². The van der Waals surface area contributed by atoms with Crippen LogP contribution in [0, 0.1) is 11.8 Å². The lowest BCUT2D eigenvalue weighted by molar-refractivity contribution is -0.255. The quantitative estimate of drug-likeness (QED) is 0.760. The van der Waals surface area contributed by atoms with Crippen LogP contribution in [0.25, 0.3) is 0 Å². The zero-order valence-corrected chi connectivity index (χ0v) is 13.7. The molecule has 0 atom stereocenters. The van der Waals surface area contributed by atoms with Crippen LogP contribution in [0.1, 0.15) is 64.1 Å². The lowest BCUT2D eigenvalue weighted by Gasteiger charge is -2.31. The van der Waals surface area contributed by atoms with Gasteiger partial charge in [0.15, 0.2) is 5.78 Å². The third kappa shape index (κ3) is 2.96. The van der Waals surface area contributed by atoms with E-state index in [2.05, 4.69) is 25.7 Å². The molecular weight excluding hydrogens is 300 g/mol. The first-order chi connectivity index (χ1) is 11.4. The van der Waals surface area contributed by atoms with Crippen LogP contribution in [0.4, 0.5) is 0 Å². The van der Waals surface area contributed by atoms with Crippen molar-refractivity contribution in [1.29, 1.82) is 0 Å². The lowest BCUT2D eigenvalue weighted by atomic mass is 9.72. The molecule has 2 aromatic rings. The number of Topliss-reactive ketones (excluding diaryl/α,β-unsaturated/α-hetero) is 1. The molecule has 0 radical (unpaired) electrons.